The number of rotatable bonds is 8. The van der Waals surface area contributed by atoms with E-state index >= 15 is 0 Å². The highest BCUT2D eigenvalue weighted by Crippen LogP contribution is 2.13. The third kappa shape index (κ3) is 5.90. The van der Waals surface area contributed by atoms with Crippen molar-refractivity contribution in [2.24, 2.45) is 0 Å². The maximum absolute atomic E-state index is 5.74. The highest BCUT2D eigenvalue weighted by atomic mass is 79.9. The fraction of sp³-hybridized carbons (Fsp3) is 0.467. The van der Waals surface area contributed by atoms with Crippen LogP contribution in [-0.4, -0.2) is 29.4 Å². The van der Waals surface area contributed by atoms with Gasteiger partial charge >= 0.3 is 0 Å². The summed E-state index contributed by atoms with van der Waals surface area (Å²) in [5, 5.41) is 7.60. The van der Waals surface area contributed by atoms with Crippen LogP contribution in [0.15, 0.2) is 35.1 Å². The lowest BCUT2D eigenvalue weighted by Crippen LogP contribution is -2.22. The summed E-state index contributed by atoms with van der Waals surface area (Å²) >= 11 is 3.32. The predicted molar refractivity (Wildman–Crippen MR) is 95.6 cm³/mol. The molecule has 0 aliphatic heterocycles. The molecule has 0 spiro atoms. The first-order valence-electron chi connectivity index (χ1n) is 7.40. The van der Waals surface area contributed by atoms with Crippen LogP contribution in [0.25, 0.3) is 0 Å². The Kier molecular flexibility index (Phi) is 6.16. The number of benzene rings is 1. The second kappa shape index (κ2) is 7.89. The van der Waals surface area contributed by atoms with Crippen molar-refractivity contribution in [2.45, 2.75) is 39.0 Å². The van der Waals surface area contributed by atoms with Gasteiger partial charge in [0.05, 0.1) is 0 Å². The van der Waals surface area contributed by atoms with Gasteiger partial charge in [-0.3, -0.25) is 0 Å². The van der Waals surface area contributed by atoms with Crippen LogP contribution in [0.4, 0.5) is 5.95 Å². The summed E-state index contributed by atoms with van der Waals surface area (Å²) in [6.07, 6.45) is 0. The molecule has 7 heteroatoms. The monoisotopic (exact) mass is 382 g/mol. The molecule has 0 aliphatic carbocycles. The van der Waals surface area contributed by atoms with E-state index in [4.69, 9.17) is 4.74 Å². The zero-order valence-electron chi connectivity index (χ0n) is 13.3. The van der Waals surface area contributed by atoms with Gasteiger partial charge < -0.3 is 10.1 Å². The number of ether oxygens (including phenoxy) is 1. The lowest BCUT2D eigenvalue weighted by atomic mass is 10.2. The largest absolute Gasteiger partial charge is 0.359 e. The van der Waals surface area contributed by atoms with Crippen LogP contribution in [0.3, 0.4) is 0 Å². The topological polar surface area (TPSA) is 52.0 Å². The second-order valence-corrected chi connectivity index (χ2v) is 12.7. The Hall–Kier alpha value is -1.18. The van der Waals surface area contributed by atoms with Crippen molar-refractivity contribution in [2.75, 3.05) is 11.9 Å². The van der Waals surface area contributed by atoms with Gasteiger partial charge in [-0.1, -0.05) is 50.0 Å². The van der Waals surface area contributed by atoms with E-state index in [0.717, 1.165) is 12.7 Å². The van der Waals surface area contributed by atoms with Crippen LogP contribution in [0, 0.1) is 0 Å². The minimum atomic E-state index is -1.06. The molecule has 0 unspecified atom stereocenters. The third-order valence-electron chi connectivity index (χ3n) is 3.15. The van der Waals surface area contributed by atoms with E-state index in [2.05, 4.69) is 63.1 Å². The van der Waals surface area contributed by atoms with Crippen molar-refractivity contribution in [1.29, 1.82) is 0 Å². The van der Waals surface area contributed by atoms with E-state index in [-0.39, 0.29) is 0 Å². The average molecular weight is 383 g/mol. The Bertz CT molecular complexity index is 583. The summed E-state index contributed by atoms with van der Waals surface area (Å²) in [5.74, 6) is 0.712. The van der Waals surface area contributed by atoms with Gasteiger partial charge in [-0.2, -0.15) is 4.98 Å². The predicted octanol–water partition coefficient (Wildman–Crippen LogP) is 3.97. The fourth-order valence-corrected chi connectivity index (χ4v) is 2.96. The molecular weight excluding hydrogens is 360 g/mol. The van der Waals surface area contributed by atoms with Crippen molar-refractivity contribution in [3.63, 3.8) is 0 Å². The molecule has 0 fully saturated rings. The van der Waals surface area contributed by atoms with Crippen LogP contribution >= 0.6 is 15.9 Å². The van der Waals surface area contributed by atoms with Crippen LogP contribution in [0.2, 0.25) is 25.7 Å². The van der Waals surface area contributed by atoms with E-state index in [1.165, 1.54) is 5.56 Å². The summed E-state index contributed by atoms with van der Waals surface area (Å²) in [5.41, 5.74) is 1.20. The Morgan fingerprint density at radius 2 is 1.95 bits per heavy atom. The molecule has 0 atom stereocenters. The molecule has 1 N–H and O–H groups in total. The summed E-state index contributed by atoms with van der Waals surface area (Å²) in [6, 6.07) is 11.4. The minimum absolute atomic E-state index is 0.417. The standard InChI is InChI=1S/C15H23BrN4OSi/c1-22(2,3)10-9-21-12-20-15(18-14(16)19-20)17-11-13-7-5-4-6-8-13/h4-8H,9-12H2,1-3H3,(H,17,18,19). The molecule has 0 saturated heterocycles. The molecule has 120 valence electrons. The maximum Gasteiger partial charge on any atom is 0.224 e. The van der Waals surface area contributed by atoms with Gasteiger partial charge in [-0.15, -0.1) is 5.10 Å². The molecule has 0 saturated carbocycles. The number of anilines is 1. The van der Waals surface area contributed by atoms with Gasteiger partial charge in [0.2, 0.25) is 10.7 Å². The van der Waals surface area contributed by atoms with Crippen molar-refractivity contribution < 1.29 is 4.74 Å². The van der Waals surface area contributed by atoms with Crippen molar-refractivity contribution in [1.82, 2.24) is 14.8 Å². The molecule has 0 bridgehead atoms. The first-order chi connectivity index (χ1) is 10.4. The van der Waals surface area contributed by atoms with Gasteiger partial charge in [-0.25, -0.2) is 4.68 Å². The Balaban J connectivity index is 1.87. The van der Waals surface area contributed by atoms with E-state index in [1.54, 1.807) is 4.68 Å². The van der Waals surface area contributed by atoms with Gasteiger partial charge in [-0.05, 0) is 27.5 Å². The molecule has 5 nitrogen and oxygen atoms in total. The van der Waals surface area contributed by atoms with Crippen LogP contribution in [0.1, 0.15) is 5.56 Å². The lowest BCUT2D eigenvalue weighted by Gasteiger charge is -2.15. The number of hydrogen-bond donors (Lipinski definition) is 1. The molecular formula is C15H23BrN4OSi. The Labute approximate surface area is 141 Å². The quantitative estimate of drug-likeness (QED) is 0.554. The molecule has 2 aromatic rings. The average Bonchev–Trinajstić information content (AvgIpc) is 2.82. The zero-order valence-corrected chi connectivity index (χ0v) is 15.9. The second-order valence-electron chi connectivity index (χ2n) is 6.39. The number of hydrogen-bond acceptors (Lipinski definition) is 4. The molecule has 0 aliphatic rings. The van der Waals surface area contributed by atoms with Crippen molar-refractivity contribution >= 4 is 30.0 Å². The number of halogens is 1. The van der Waals surface area contributed by atoms with E-state index in [1.807, 2.05) is 18.2 Å². The molecule has 2 rings (SSSR count). The fourth-order valence-electron chi connectivity index (χ4n) is 1.84. The number of nitrogens with zero attached hydrogens (tertiary/aromatic N) is 3. The molecule has 22 heavy (non-hydrogen) atoms. The summed E-state index contributed by atoms with van der Waals surface area (Å²) in [6.45, 7) is 8.92. The van der Waals surface area contributed by atoms with Crippen molar-refractivity contribution in [3.8, 4) is 0 Å². The van der Waals surface area contributed by atoms with E-state index < -0.39 is 8.07 Å². The number of nitrogens with one attached hydrogen (secondary N) is 1. The van der Waals surface area contributed by atoms with E-state index in [9.17, 15) is 0 Å². The lowest BCUT2D eigenvalue weighted by molar-refractivity contribution is 0.0796. The van der Waals surface area contributed by atoms with Gasteiger partial charge in [0.1, 0.15) is 6.73 Å². The molecule has 1 aromatic carbocycles. The van der Waals surface area contributed by atoms with Gasteiger partial charge in [0.25, 0.3) is 0 Å². The van der Waals surface area contributed by atoms with Gasteiger partial charge in [0, 0.05) is 21.2 Å². The first kappa shape index (κ1) is 17.2. The third-order valence-corrected chi connectivity index (χ3v) is 5.19. The highest BCUT2D eigenvalue weighted by molar-refractivity contribution is 9.10. The zero-order chi connectivity index (χ0) is 16.0. The normalized spacial score (nSPS) is 11.6. The molecule has 0 amide bonds. The molecule has 1 heterocycles. The first-order valence-corrected chi connectivity index (χ1v) is 11.9. The number of aromatic nitrogens is 3. The van der Waals surface area contributed by atoms with Crippen LogP contribution in [-0.2, 0) is 18.0 Å². The molecule has 0 radical (unpaired) electrons. The highest BCUT2D eigenvalue weighted by Gasteiger charge is 2.13. The van der Waals surface area contributed by atoms with E-state index in [0.29, 0.717) is 24.0 Å². The Morgan fingerprint density at radius 1 is 1.23 bits per heavy atom. The summed E-state index contributed by atoms with van der Waals surface area (Å²) in [7, 11) is -1.06. The van der Waals surface area contributed by atoms with Crippen LogP contribution in [0.5, 0.6) is 0 Å². The Morgan fingerprint density at radius 3 is 2.64 bits per heavy atom. The summed E-state index contributed by atoms with van der Waals surface area (Å²) in [4.78, 5) is 4.34. The smallest absolute Gasteiger partial charge is 0.224 e. The minimum Gasteiger partial charge on any atom is -0.359 e. The SMILES string of the molecule is C[Si](C)(C)CCOCn1nc(Br)nc1NCc1ccccc1. The molecule has 1 aromatic heterocycles. The summed E-state index contributed by atoms with van der Waals surface area (Å²) < 4.78 is 8.05. The van der Waals surface area contributed by atoms with Crippen molar-refractivity contribution in [3.05, 3.63) is 40.6 Å². The maximum atomic E-state index is 5.74. The van der Waals surface area contributed by atoms with Gasteiger partial charge in [0.15, 0.2) is 0 Å². The van der Waals surface area contributed by atoms with Crippen LogP contribution < -0.4 is 5.32 Å².